The van der Waals surface area contributed by atoms with Gasteiger partial charge >= 0.3 is 39.5 Å². The third-order valence-electron chi connectivity index (χ3n) is 15.2. The lowest BCUT2D eigenvalue weighted by Crippen LogP contribution is -2.30. The molecule has 3 N–H and O–H groups in total. The predicted molar refractivity (Wildman–Crippen MR) is 340 cm³/mol. The third kappa shape index (κ3) is 60.7. The molecule has 0 aromatic carbocycles. The molecule has 0 aliphatic carbocycles. The van der Waals surface area contributed by atoms with Crippen LogP contribution in [-0.2, 0) is 65.4 Å². The first-order chi connectivity index (χ1) is 40.9. The summed E-state index contributed by atoms with van der Waals surface area (Å²) in [5, 5.41) is 10.5. The second-order valence-corrected chi connectivity index (χ2v) is 27.7. The molecule has 0 aromatic heterocycles. The van der Waals surface area contributed by atoms with Crippen molar-refractivity contribution in [2.45, 2.75) is 349 Å². The molecule has 0 saturated carbocycles. The van der Waals surface area contributed by atoms with Gasteiger partial charge in [0.15, 0.2) is 12.2 Å². The van der Waals surface area contributed by atoms with Crippen molar-refractivity contribution in [3.63, 3.8) is 0 Å². The minimum absolute atomic E-state index is 0.105. The number of rotatable bonds is 65. The Balaban J connectivity index is 5.17. The number of carbonyl (C=O) groups excluding carboxylic acids is 4. The van der Waals surface area contributed by atoms with Gasteiger partial charge in [0.1, 0.15) is 19.3 Å². The fourth-order valence-electron chi connectivity index (χ4n) is 9.88. The van der Waals surface area contributed by atoms with E-state index in [0.29, 0.717) is 31.6 Å². The smallest absolute Gasteiger partial charge is 0.462 e. The first-order valence-electron chi connectivity index (χ1n) is 34.5. The van der Waals surface area contributed by atoms with E-state index in [2.05, 4.69) is 41.5 Å². The number of phosphoric ester groups is 2. The largest absolute Gasteiger partial charge is 0.472 e. The van der Waals surface area contributed by atoms with Gasteiger partial charge in [-0.15, -0.1) is 0 Å². The summed E-state index contributed by atoms with van der Waals surface area (Å²) >= 11 is 0. The van der Waals surface area contributed by atoms with Crippen molar-refractivity contribution in [2.75, 3.05) is 39.6 Å². The lowest BCUT2D eigenvalue weighted by molar-refractivity contribution is -0.161. The molecule has 0 spiro atoms. The van der Waals surface area contributed by atoms with E-state index in [0.717, 1.165) is 109 Å². The second kappa shape index (κ2) is 58.4. The molecule has 0 aliphatic heterocycles. The average Bonchev–Trinajstić information content (AvgIpc) is 3.55. The number of unbranched alkanes of at least 4 members (excludes halogenated alkanes) is 35. The van der Waals surface area contributed by atoms with E-state index in [1.54, 1.807) is 0 Å². The summed E-state index contributed by atoms with van der Waals surface area (Å²) in [4.78, 5) is 72.2. The normalized spacial score (nSPS) is 14.2. The van der Waals surface area contributed by atoms with Crippen LogP contribution in [0.4, 0.5) is 0 Å². The van der Waals surface area contributed by atoms with Gasteiger partial charge in [-0.2, -0.15) is 0 Å². The lowest BCUT2D eigenvalue weighted by atomic mass is 10.0. The molecule has 85 heavy (non-hydrogen) atoms. The maximum atomic E-state index is 13.0. The maximum Gasteiger partial charge on any atom is 0.472 e. The van der Waals surface area contributed by atoms with Crippen molar-refractivity contribution < 1.29 is 80.2 Å². The molecule has 0 saturated heterocycles. The monoisotopic (exact) mass is 1250 g/mol. The number of aliphatic hydroxyl groups excluding tert-OH is 1. The molecule has 17 nitrogen and oxygen atoms in total. The molecule has 0 heterocycles. The molecule has 0 amide bonds. The van der Waals surface area contributed by atoms with E-state index in [1.807, 2.05) is 0 Å². The molecule has 0 fully saturated rings. The predicted octanol–water partition coefficient (Wildman–Crippen LogP) is 18.4. The standard InChI is InChI=1S/C66H128O17P2/c1-7-9-11-13-15-24-31-38-44-50-65(70)82-61(54-76-63(68)48-42-36-30-16-14-12-10-8-2)56-80-84(72,73)78-52-60(67)53-79-85(74,75)81-57-62(55-77-64(69)49-43-37-33-27-29-35-41-47-59(5)6)83-66(71)51-45-39-32-26-23-21-19-17-18-20-22-25-28-34-40-46-58(3)4/h58-62,67H,7-57H2,1-6H3,(H,72,73)(H,74,75)/t60-,61+,62+/m0/s1. The fraction of sp³-hybridized carbons (Fsp3) is 0.939. The average molecular weight is 1260 g/mol. The Bertz CT molecular complexity index is 1670. The van der Waals surface area contributed by atoms with Gasteiger partial charge in [-0.3, -0.25) is 37.3 Å². The highest BCUT2D eigenvalue weighted by Gasteiger charge is 2.30. The Kier molecular flexibility index (Phi) is 57.1. The van der Waals surface area contributed by atoms with Gasteiger partial charge in [-0.25, -0.2) is 9.13 Å². The van der Waals surface area contributed by atoms with Crippen LogP contribution >= 0.6 is 15.6 Å². The molecule has 19 heteroatoms. The number of carbonyl (C=O) groups is 4. The van der Waals surface area contributed by atoms with Gasteiger partial charge in [0.05, 0.1) is 26.4 Å². The molecule has 504 valence electrons. The van der Waals surface area contributed by atoms with Crippen molar-refractivity contribution in [1.82, 2.24) is 0 Å². The summed E-state index contributed by atoms with van der Waals surface area (Å²) in [7, 11) is -9.88. The van der Waals surface area contributed by atoms with Crippen molar-refractivity contribution in [3.8, 4) is 0 Å². The Hall–Kier alpha value is -1.94. The van der Waals surface area contributed by atoms with Gasteiger partial charge in [0.2, 0.25) is 0 Å². The van der Waals surface area contributed by atoms with Crippen LogP contribution < -0.4 is 0 Å². The molecule has 2 unspecified atom stereocenters. The number of ether oxygens (including phenoxy) is 4. The molecule has 5 atom stereocenters. The van der Waals surface area contributed by atoms with E-state index in [1.165, 1.54) is 135 Å². The van der Waals surface area contributed by atoms with Gasteiger partial charge in [0.25, 0.3) is 0 Å². The lowest BCUT2D eigenvalue weighted by Gasteiger charge is -2.21. The molecule has 0 rings (SSSR count). The van der Waals surface area contributed by atoms with Crippen LogP contribution in [-0.4, -0.2) is 96.7 Å². The number of hydrogen-bond donors (Lipinski definition) is 3. The Morgan fingerprint density at radius 2 is 0.541 bits per heavy atom. The van der Waals surface area contributed by atoms with E-state index in [-0.39, 0.29) is 25.7 Å². The zero-order valence-corrected chi connectivity index (χ0v) is 56.7. The Morgan fingerprint density at radius 1 is 0.318 bits per heavy atom. The highest BCUT2D eigenvalue weighted by molar-refractivity contribution is 7.47. The zero-order valence-electron chi connectivity index (χ0n) is 54.9. The number of phosphoric acid groups is 2. The van der Waals surface area contributed by atoms with Crippen LogP contribution in [0.3, 0.4) is 0 Å². The van der Waals surface area contributed by atoms with Crippen LogP contribution in [0.15, 0.2) is 0 Å². The summed E-state index contributed by atoms with van der Waals surface area (Å²) in [6, 6.07) is 0. The first kappa shape index (κ1) is 83.1. The van der Waals surface area contributed by atoms with Gasteiger partial charge in [-0.1, -0.05) is 279 Å². The van der Waals surface area contributed by atoms with Crippen LogP contribution in [0.25, 0.3) is 0 Å². The van der Waals surface area contributed by atoms with Crippen molar-refractivity contribution in [3.05, 3.63) is 0 Å². The minimum atomic E-state index is -4.95. The van der Waals surface area contributed by atoms with Crippen LogP contribution in [0.5, 0.6) is 0 Å². The van der Waals surface area contributed by atoms with Crippen molar-refractivity contribution in [1.29, 1.82) is 0 Å². The number of hydrogen-bond acceptors (Lipinski definition) is 15. The van der Waals surface area contributed by atoms with Crippen LogP contribution in [0.2, 0.25) is 0 Å². The van der Waals surface area contributed by atoms with Gasteiger partial charge in [0, 0.05) is 25.7 Å². The SMILES string of the molecule is CCCCCCCCCCCC(=O)O[C@H](COC(=O)CCCCCCCCCC)COP(=O)(O)OC[C@H](O)COP(=O)(O)OC[C@@H](COC(=O)CCCCCCCCCC(C)C)OC(=O)CCCCCCCCCCCCCCCCCC(C)C. The summed E-state index contributed by atoms with van der Waals surface area (Å²) in [6.45, 7) is 9.44. The van der Waals surface area contributed by atoms with E-state index >= 15 is 0 Å². The summed E-state index contributed by atoms with van der Waals surface area (Å²) in [5.74, 6) is -0.627. The number of esters is 4. The molecule has 0 radical (unpaired) electrons. The maximum absolute atomic E-state index is 13.0. The van der Waals surface area contributed by atoms with Crippen molar-refractivity contribution in [2.24, 2.45) is 11.8 Å². The topological polar surface area (TPSA) is 237 Å². The Morgan fingerprint density at radius 3 is 0.800 bits per heavy atom. The zero-order chi connectivity index (χ0) is 62.9. The third-order valence-corrected chi connectivity index (χ3v) is 17.1. The van der Waals surface area contributed by atoms with E-state index < -0.39 is 97.5 Å². The molecule has 0 bridgehead atoms. The first-order valence-corrected chi connectivity index (χ1v) is 37.5. The number of aliphatic hydroxyl groups is 1. The second-order valence-electron chi connectivity index (χ2n) is 24.8. The molecular weight excluding hydrogens is 1130 g/mol. The fourth-order valence-corrected chi connectivity index (χ4v) is 11.5. The molecule has 0 aliphatic rings. The highest BCUT2D eigenvalue weighted by atomic mass is 31.2. The molecular formula is C66H128O17P2. The van der Waals surface area contributed by atoms with E-state index in [4.69, 9.17) is 37.0 Å². The highest BCUT2D eigenvalue weighted by Crippen LogP contribution is 2.45. The van der Waals surface area contributed by atoms with Crippen LogP contribution in [0.1, 0.15) is 330 Å². The van der Waals surface area contributed by atoms with Gasteiger partial charge < -0.3 is 33.8 Å². The van der Waals surface area contributed by atoms with E-state index in [9.17, 15) is 43.2 Å². The summed E-state index contributed by atoms with van der Waals surface area (Å²) in [5.41, 5.74) is 0. The summed E-state index contributed by atoms with van der Waals surface area (Å²) in [6.07, 6.45) is 41.9. The quantitative estimate of drug-likeness (QED) is 0.0222. The van der Waals surface area contributed by atoms with Gasteiger partial charge in [-0.05, 0) is 37.5 Å². The molecule has 0 aromatic rings. The minimum Gasteiger partial charge on any atom is -0.462 e. The summed E-state index contributed by atoms with van der Waals surface area (Å²) < 4.78 is 68.0. The van der Waals surface area contributed by atoms with Crippen molar-refractivity contribution >= 4 is 39.5 Å². The van der Waals surface area contributed by atoms with Crippen LogP contribution in [0, 0.1) is 11.8 Å². The Labute approximate surface area is 517 Å².